The van der Waals surface area contributed by atoms with Crippen molar-refractivity contribution in [3.05, 3.63) is 96.3 Å². The predicted molar refractivity (Wildman–Crippen MR) is 112 cm³/mol. The molecular weight excluding hydrogens is 385 g/mol. The van der Waals surface area contributed by atoms with Crippen molar-refractivity contribution in [2.24, 2.45) is 5.90 Å². The Morgan fingerprint density at radius 1 is 1.20 bits per heavy atom. The maximum atomic E-state index is 13.4. The first kappa shape index (κ1) is 21.4. The van der Waals surface area contributed by atoms with Crippen molar-refractivity contribution in [1.82, 2.24) is 9.55 Å². The quantitative estimate of drug-likeness (QED) is 0.494. The average molecular weight is 409 g/mol. The van der Waals surface area contributed by atoms with E-state index in [4.69, 9.17) is 11.0 Å². The Bertz CT molecular complexity index is 957. The highest BCUT2D eigenvalue weighted by atomic mass is 19.1. The van der Waals surface area contributed by atoms with E-state index in [-0.39, 0.29) is 18.3 Å². The molecule has 6 nitrogen and oxygen atoms in total. The third kappa shape index (κ3) is 5.62. The van der Waals surface area contributed by atoms with Crippen LogP contribution in [-0.4, -0.2) is 26.7 Å². The van der Waals surface area contributed by atoms with E-state index in [1.807, 2.05) is 47.2 Å². The van der Waals surface area contributed by atoms with E-state index >= 15 is 0 Å². The van der Waals surface area contributed by atoms with Gasteiger partial charge in [-0.15, -0.1) is 0 Å². The highest BCUT2D eigenvalue weighted by Gasteiger charge is 2.20. The molecule has 30 heavy (non-hydrogen) atoms. The van der Waals surface area contributed by atoms with Crippen LogP contribution in [0.15, 0.2) is 79.4 Å². The minimum atomic E-state index is -1.09. The standard InChI is InChI=1S/C23H24FN3O3/c24-19-11-9-17(10-12-19)15-21(27-14-13-26-16-27)20(18-5-2-1-3-6-18)7-4-8-22(30-25)23(28)29/h1-3,5-7,9-14,16,21-22H,4,8,15,25H2,(H,28,29)/b20-7+. The summed E-state index contributed by atoms with van der Waals surface area (Å²) >= 11 is 0. The number of carboxylic acid groups (broad SMARTS) is 1. The van der Waals surface area contributed by atoms with Gasteiger partial charge in [0, 0.05) is 12.4 Å². The van der Waals surface area contributed by atoms with Crippen molar-refractivity contribution in [3.8, 4) is 0 Å². The van der Waals surface area contributed by atoms with E-state index in [9.17, 15) is 9.18 Å². The lowest BCUT2D eigenvalue weighted by molar-refractivity contribution is -0.151. The average Bonchev–Trinajstić information content (AvgIpc) is 3.29. The fraction of sp³-hybridized carbons (Fsp3) is 0.217. The summed E-state index contributed by atoms with van der Waals surface area (Å²) in [6.07, 6.45) is 7.61. The summed E-state index contributed by atoms with van der Waals surface area (Å²) in [5.74, 6) is 3.74. The van der Waals surface area contributed by atoms with Gasteiger partial charge in [0.2, 0.25) is 0 Å². The number of imidazole rings is 1. The Labute approximate surface area is 174 Å². The number of nitrogens with zero attached hydrogens (tertiary/aromatic N) is 2. The molecule has 2 unspecified atom stereocenters. The van der Waals surface area contributed by atoms with Crippen LogP contribution in [0, 0.1) is 5.82 Å². The summed E-state index contributed by atoms with van der Waals surface area (Å²) in [6, 6.07) is 16.2. The van der Waals surface area contributed by atoms with Gasteiger partial charge in [-0.05, 0) is 48.1 Å². The zero-order chi connectivity index (χ0) is 21.3. The number of nitrogens with two attached hydrogens (primary N) is 1. The van der Waals surface area contributed by atoms with Gasteiger partial charge in [-0.1, -0.05) is 48.5 Å². The molecule has 3 N–H and O–H groups in total. The van der Waals surface area contributed by atoms with Gasteiger partial charge in [0.15, 0.2) is 6.10 Å². The zero-order valence-electron chi connectivity index (χ0n) is 16.4. The van der Waals surface area contributed by atoms with Crippen LogP contribution in [0.3, 0.4) is 0 Å². The predicted octanol–water partition coefficient (Wildman–Crippen LogP) is 4.01. The van der Waals surface area contributed by atoms with Crippen molar-refractivity contribution in [2.45, 2.75) is 31.4 Å². The van der Waals surface area contributed by atoms with Gasteiger partial charge in [-0.3, -0.25) is 4.84 Å². The second kappa shape index (κ2) is 10.5. The van der Waals surface area contributed by atoms with Crippen molar-refractivity contribution < 1.29 is 19.1 Å². The van der Waals surface area contributed by atoms with Crippen LogP contribution in [0.2, 0.25) is 0 Å². The summed E-state index contributed by atoms with van der Waals surface area (Å²) in [5, 5.41) is 9.16. The number of hydrogen-bond acceptors (Lipinski definition) is 4. The molecule has 0 saturated carbocycles. The third-order valence-electron chi connectivity index (χ3n) is 4.93. The number of halogens is 1. The van der Waals surface area contributed by atoms with Gasteiger partial charge in [-0.25, -0.2) is 20.1 Å². The molecule has 0 aliphatic carbocycles. The van der Waals surface area contributed by atoms with Crippen LogP contribution in [0.5, 0.6) is 0 Å². The van der Waals surface area contributed by atoms with Crippen LogP contribution in [-0.2, 0) is 16.1 Å². The molecule has 7 heteroatoms. The highest BCUT2D eigenvalue weighted by molar-refractivity contribution is 5.72. The lowest BCUT2D eigenvalue weighted by Crippen LogP contribution is -2.26. The minimum Gasteiger partial charge on any atom is -0.479 e. The molecule has 0 saturated heterocycles. The fourth-order valence-corrected chi connectivity index (χ4v) is 3.39. The molecular formula is C23H24FN3O3. The molecule has 2 atom stereocenters. The maximum Gasteiger partial charge on any atom is 0.334 e. The number of rotatable bonds is 10. The van der Waals surface area contributed by atoms with Crippen molar-refractivity contribution in [2.75, 3.05) is 0 Å². The molecule has 0 spiro atoms. The van der Waals surface area contributed by atoms with Crippen LogP contribution >= 0.6 is 0 Å². The number of carboxylic acids is 1. The number of hydrogen-bond donors (Lipinski definition) is 2. The number of allylic oxidation sites excluding steroid dienone is 2. The second-order valence-corrected chi connectivity index (χ2v) is 6.92. The van der Waals surface area contributed by atoms with Crippen LogP contribution < -0.4 is 5.90 Å². The summed E-state index contributed by atoms with van der Waals surface area (Å²) in [4.78, 5) is 19.9. The smallest absolute Gasteiger partial charge is 0.334 e. The Balaban J connectivity index is 1.95. The molecule has 3 aromatic rings. The van der Waals surface area contributed by atoms with Crippen LogP contribution in [0.25, 0.3) is 5.57 Å². The molecule has 0 fully saturated rings. The molecule has 0 bridgehead atoms. The summed E-state index contributed by atoms with van der Waals surface area (Å²) in [5.41, 5.74) is 3.00. The first-order valence-electron chi connectivity index (χ1n) is 9.64. The number of carbonyl (C=O) groups is 1. The van der Waals surface area contributed by atoms with Gasteiger partial charge in [-0.2, -0.15) is 0 Å². The van der Waals surface area contributed by atoms with E-state index in [1.54, 1.807) is 24.7 Å². The van der Waals surface area contributed by atoms with Gasteiger partial charge in [0.05, 0.1) is 12.4 Å². The first-order valence-corrected chi connectivity index (χ1v) is 9.64. The largest absolute Gasteiger partial charge is 0.479 e. The number of benzene rings is 2. The molecule has 1 aromatic heterocycles. The molecule has 1 heterocycles. The van der Waals surface area contributed by atoms with E-state index in [2.05, 4.69) is 9.82 Å². The van der Waals surface area contributed by atoms with Gasteiger partial charge in [0.1, 0.15) is 5.82 Å². The van der Waals surface area contributed by atoms with E-state index in [1.165, 1.54) is 12.1 Å². The zero-order valence-corrected chi connectivity index (χ0v) is 16.4. The van der Waals surface area contributed by atoms with Crippen LogP contribution in [0.4, 0.5) is 4.39 Å². The SMILES string of the molecule is NOC(CC/C=C(\c1ccccc1)C(Cc1ccc(F)cc1)n1ccnc1)C(=O)O. The molecule has 0 radical (unpaired) electrons. The lowest BCUT2D eigenvalue weighted by atomic mass is 9.91. The first-order chi connectivity index (χ1) is 14.6. The van der Waals surface area contributed by atoms with Crippen LogP contribution in [0.1, 0.15) is 30.0 Å². The number of aliphatic carboxylic acids is 1. The summed E-state index contributed by atoms with van der Waals surface area (Å²) < 4.78 is 15.4. The van der Waals surface area contributed by atoms with Crippen molar-refractivity contribution in [1.29, 1.82) is 0 Å². The highest BCUT2D eigenvalue weighted by Crippen LogP contribution is 2.32. The minimum absolute atomic E-state index is 0.109. The molecule has 0 aliphatic rings. The molecule has 156 valence electrons. The van der Waals surface area contributed by atoms with E-state index < -0.39 is 12.1 Å². The molecule has 0 amide bonds. The Morgan fingerprint density at radius 2 is 1.93 bits per heavy atom. The summed E-state index contributed by atoms with van der Waals surface area (Å²) in [7, 11) is 0. The molecule has 3 rings (SSSR count). The molecule has 0 aliphatic heterocycles. The molecule has 2 aromatic carbocycles. The Kier molecular flexibility index (Phi) is 7.48. The van der Waals surface area contributed by atoms with Gasteiger partial charge >= 0.3 is 5.97 Å². The fourth-order valence-electron chi connectivity index (χ4n) is 3.39. The Morgan fingerprint density at radius 3 is 2.53 bits per heavy atom. The third-order valence-corrected chi connectivity index (χ3v) is 4.93. The summed E-state index contributed by atoms with van der Waals surface area (Å²) in [6.45, 7) is 0. The maximum absolute atomic E-state index is 13.4. The van der Waals surface area contributed by atoms with Crippen molar-refractivity contribution in [3.63, 3.8) is 0 Å². The second-order valence-electron chi connectivity index (χ2n) is 6.92. The Hall–Kier alpha value is -3.29. The topological polar surface area (TPSA) is 90.4 Å². The van der Waals surface area contributed by atoms with Gasteiger partial charge < -0.3 is 9.67 Å². The lowest BCUT2D eigenvalue weighted by Gasteiger charge is -2.23. The number of aromatic nitrogens is 2. The normalized spacial score (nSPS) is 13.7. The van der Waals surface area contributed by atoms with E-state index in [0.717, 1.165) is 16.7 Å². The monoisotopic (exact) mass is 409 g/mol. The van der Waals surface area contributed by atoms with Gasteiger partial charge in [0.25, 0.3) is 0 Å². The van der Waals surface area contributed by atoms with E-state index in [0.29, 0.717) is 12.8 Å². The van der Waals surface area contributed by atoms with Crippen molar-refractivity contribution >= 4 is 11.5 Å².